The summed E-state index contributed by atoms with van der Waals surface area (Å²) >= 11 is 0.521. The van der Waals surface area contributed by atoms with Crippen molar-refractivity contribution in [1.82, 2.24) is 14.5 Å². The number of aryl methyl sites for hydroxylation is 1. The first kappa shape index (κ1) is 25.9. The van der Waals surface area contributed by atoms with E-state index in [1.807, 2.05) is 0 Å². The molecule has 3 heterocycles. The van der Waals surface area contributed by atoms with E-state index in [4.69, 9.17) is 0 Å². The molecule has 1 aliphatic heterocycles. The number of halogens is 6. The van der Waals surface area contributed by atoms with E-state index in [0.29, 0.717) is 27.3 Å². The fourth-order valence-corrected chi connectivity index (χ4v) is 4.85. The topological polar surface area (TPSA) is 94.4 Å². The second kappa shape index (κ2) is 9.06. The Hall–Kier alpha value is -3.14. The van der Waals surface area contributed by atoms with Crippen LogP contribution in [0.15, 0.2) is 35.1 Å². The molecular weight excluding hydrogens is 538 g/mol. The Morgan fingerprint density at radius 3 is 2.39 bits per heavy atom. The lowest BCUT2D eigenvalue weighted by Crippen LogP contribution is -2.36. The molecule has 0 unspecified atom stereocenters. The van der Waals surface area contributed by atoms with Crippen molar-refractivity contribution >= 4 is 27.4 Å². The number of hydrogen-bond donors (Lipinski definition) is 0. The van der Waals surface area contributed by atoms with Crippen molar-refractivity contribution in [2.75, 3.05) is 11.4 Å². The number of nitrogens with zero attached hydrogens (tertiary/aromatic N) is 4. The zero-order chi connectivity index (χ0) is 26.5. The zero-order valence-electron chi connectivity index (χ0n) is 18.2. The molecule has 2 aromatic heterocycles. The minimum atomic E-state index is -5.80. The van der Waals surface area contributed by atoms with Crippen LogP contribution in [0, 0.1) is 6.92 Å². The van der Waals surface area contributed by atoms with Gasteiger partial charge in [-0.3, -0.25) is 4.57 Å². The van der Waals surface area contributed by atoms with Gasteiger partial charge in [0, 0.05) is 18.0 Å². The van der Waals surface area contributed by atoms with Crippen LogP contribution >= 0.6 is 11.3 Å². The molecule has 0 radical (unpaired) electrons. The zero-order valence-corrected chi connectivity index (χ0v) is 19.9. The number of benzene rings is 1. The first-order valence-corrected chi connectivity index (χ1v) is 12.4. The minimum absolute atomic E-state index is 0.0848. The smallest absolute Gasteiger partial charge is 0.376 e. The standard InChI is InChI=1S/C20H16F6N4O4S2/c1-11-27-17(28-18(31)30(11)10-15-4-5-16(35-15)19(21,22)23)29-7-6-12-8-14(3-2-13(12)9-29)34-36(32,33)20(24,25)26/h2-5,8H,6-7,9-10H2,1H3. The highest BCUT2D eigenvalue weighted by Gasteiger charge is 2.48. The fraction of sp³-hybridized carbons (Fsp3) is 0.350. The number of aromatic nitrogens is 3. The molecule has 0 bridgehead atoms. The third kappa shape index (κ3) is 5.33. The molecule has 0 aliphatic carbocycles. The van der Waals surface area contributed by atoms with E-state index in [0.717, 1.165) is 16.7 Å². The van der Waals surface area contributed by atoms with Gasteiger partial charge in [-0.05, 0) is 48.7 Å². The Morgan fingerprint density at radius 2 is 1.78 bits per heavy atom. The molecule has 1 aliphatic rings. The molecular formula is C20H16F6N4O4S2. The van der Waals surface area contributed by atoms with Crippen molar-refractivity contribution in [3.8, 4) is 5.75 Å². The second-order valence-corrected chi connectivity index (χ2v) is 10.5. The lowest BCUT2D eigenvalue weighted by atomic mass is 10.00. The van der Waals surface area contributed by atoms with Crippen molar-refractivity contribution < 1.29 is 38.9 Å². The largest absolute Gasteiger partial charge is 0.534 e. The Labute approximate surface area is 203 Å². The molecule has 0 fully saturated rings. The van der Waals surface area contributed by atoms with E-state index in [1.54, 1.807) is 4.90 Å². The number of hydrogen-bond acceptors (Lipinski definition) is 8. The van der Waals surface area contributed by atoms with Gasteiger partial charge in [0.1, 0.15) is 16.5 Å². The molecule has 0 atom stereocenters. The van der Waals surface area contributed by atoms with Crippen molar-refractivity contribution in [3.63, 3.8) is 0 Å². The Bertz CT molecular complexity index is 1460. The van der Waals surface area contributed by atoms with Crippen LogP contribution in [0.4, 0.5) is 32.3 Å². The lowest BCUT2D eigenvalue weighted by molar-refractivity contribution is -0.134. The van der Waals surface area contributed by atoms with Crippen molar-refractivity contribution in [2.24, 2.45) is 0 Å². The normalized spacial score (nSPS) is 14.6. The molecule has 0 saturated carbocycles. The van der Waals surface area contributed by atoms with Crippen LogP contribution in [0.5, 0.6) is 5.75 Å². The fourth-order valence-electron chi connectivity index (χ4n) is 3.53. The van der Waals surface area contributed by atoms with Crippen LogP contribution in [0.1, 0.15) is 26.7 Å². The molecule has 4 rings (SSSR count). The van der Waals surface area contributed by atoms with Crippen LogP contribution in [-0.4, -0.2) is 35.0 Å². The van der Waals surface area contributed by atoms with Gasteiger partial charge in [-0.2, -0.15) is 44.7 Å². The van der Waals surface area contributed by atoms with Gasteiger partial charge >= 0.3 is 27.5 Å². The third-order valence-corrected chi connectivity index (χ3v) is 7.39. The summed E-state index contributed by atoms with van der Waals surface area (Å²) < 4.78 is 104. The first-order chi connectivity index (χ1) is 16.6. The molecule has 0 saturated heterocycles. The van der Waals surface area contributed by atoms with Gasteiger partial charge < -0.3 is 9.08 Å². The molecule has 0 amide bonds. The molecule has 1 aromatic carbocycles. The molecule has 16 heteroatoms. The second-order valence-electron chi connectivity index (χ2n) is 7.79. The molecule has 0 spiro atoms. The maximum absolute atomic E-state index is 12.8. The predicted molar refractivity (Wildman–Crippen MR) is 116 cm³/mol. The van der Waals surface area contributed by atoms with E-state index in [-0.39, 0.29) is 37.8 Å². The summed E-state index contributed by atoms with van der Waals surface area (Å²) in [4.78, 5) is 22.1. The highest BCUT2D eigenvalue weighted by Crippen LogP contribution is 2.35. The summed E-state index contributed by atoms with van der Waals surface area (Å²) in [5, 5.41) is 0. The number of alkyl halides is 6. The minimum Gasteiger partial charge on any atom is -0.376 e. The Morgan fingerprint density at radius 1 is 1.06 bits per heavy atom. The highest BCUT2D eigenvalue weighted by atomic mass is 32.2. The molecule has 0 N–H and O–H groups in total. The van der Waals surface area contributed by atoms with Gasteiger partial charge in [-0.1, -0.05) is 6.07 Å². The Balaban J connectivity index is 1.51. The van der Waals surface area contributed by atoms with Crippen LogP contribution in [0.25, 0.3) is 0 Å². The van der Waals surface area contributed by atoms with Gasteiger partial charge in [0.2, 0.25) is 5.95 Å². The number of anilines is 1. The van der Waals surface area contributed by atoms with Gasteiger partial charge in [0.25, 0.3) is 0 Å². The summed E-state index contributed by atoms with van der Waals surface area (Å²) in [5.41, 5.74) is -5.06. The summed E-state index contributed by atoms with van der Waals surface area (Å²) in [5.74, 6) is -0.156. The average molecular weight is 554 g/mol. The SMILES string of the molecule is Cc1nc(N2CCc3cc(OS(=O)(=O)C(F)(F)F)ccc3C2)nc(=O)n1Cc1ccc(C(F)(F)F)s1. The van der Waals surface area contributed by atoms with E-state index >= 15 is 0 Å². The number of fused-ring (bicyclic) bond motifs is 1. The van der Waals surface area contributed by atoms with Gasteiger partial charge in [0.05, 0.1) is 6.54 Å². The maximum atomic E-state index is 12.8. The number of thiophene rings is 1. The van der Waals surface area contributed by atoms with Crippen LogP contribution in [-0.2, 0) is 35.8 Å². The summed E-state index contributed by atoms with van der Waals surface area (Å²) in [6.07, 6.45) is -4.20. The highest BCUT2D eigenvalue weighted by molar-refractivity contribution is 7.88. The van der Waals surface area contributed by atoms with Gasteiger partial charge in [-0.25, -0.2) is 4.79 Å². The number of rotatable bonds is 5. The van der Waals surface area contributed by atoms with Crippen LogP contribution in [0.3, 0.4) is 0 Å². The molecule has 3 aromatic rings. The first-order valence-electron chi connectivity index (χ1n) is 10.1. The molecule has 36 heavy (non-hydrogen) atoms. The van der Waals surface area contributed by atoms with Gasteiger partial charge in [0.15, 0.2) is 0 Å². The quantitative estimate of drug-likeness (QED) is 0.269. The summed E-state index contributed by atoms with van der Waals surface area (Å²) in [7, 11) is -5.80. The lowest BCUT2D eigenvalue weighted by Gasteiger charge is -2.29. The van der Waals surface area contributed by atoms with E-state index < -0.39 is 38.1 Å². The van der Waals surface area contributed by atoms with Gasteiger partial charge in [-0.15, -0.1) is 11.3 Å². The maximum Gasteiger partial charge on any atom is 0.534 e. The van der Waals surface area contributed by atoms with E-state index in [2.05, 4.69) is 14.2 Å². The monoisotopic (exact) mass is 554 g/mol. The van der Waals surface area contributed by atoms with Crippen LogP contribution in [0.2, 0.25) is 0 Å². The van der Waals surface area contributed by atoms with E-state index in [9.17, 15) is 39.6 Å². The van der Waals surface area contributed by atoms with Crippen LogP contribution < -0.4 is 14.8 Å². The van der Waals surface area contributed by atoms with Crippen molar-refractivity contribution in [2.45, 2.75) is 38.1 Å². The average Bonchev–Trinajstić information content (AvgIpc) is 3.24. The molecule has 194 valence electrons. The Kier molecular flexibility index (Phi) is 6.53. The summed E-state index contributed by atoms with van der Waals surface area (Å²) in [6, 6.07) is 5.93. The van der Waals surface area contributed by atoms with Crippen molar-refractivity contribution in [3.05, 3.63) is 67.5 Å². The summed E-state index contributed by atoms with van der Waals surface area (Å²) in [6.45, 7) is 1.85. The van der Waals surface area contributed by atoms with E-state index in [1.165, 1.54) is 25.1 Å². The van der Waals surface area contributed by atoms with Crippen molar-refractivity contribution in [1.29, 1.82) is 0 Å². The molecule has 8 nitrogen and oxygen atoms in total. The predicted octanol–water partition coefficient (Wildman–Crippen LogP) is 3.87. The third-order valence-electron chi connectivity index (χ3n) is 5.30.